The number of nitrogens with zero attached hydrogens (tertiary/aromatic N) is 4. The van der Waals surface area contributed by atoms with Gasteiger partial charge >= 0.3 is 0 Å². The van der Waals surface area contributed by atoms with E-state index in [1.165, 1.54) is 0 Å². The predicted octanol–water partition coefficient (Wildman–Crippen LogP) is 2.97. The SMILES string of the molecule is CCCOCCn1c(=O)c(NC2CCC(N)CC2)nc2cnc(-c3ccc(OC)nc3)cc21. The minimum Gasteiger partial charge on any atom is -0.481 e. The third-order valence-corrected chi connectivity index (χ3v) is 5.99. The normalized spacial score (nSPS) is 18.4. The zero-order valence-corrected chi connectivity index (χ0v) is 19.3. The summed E-state index contributed by atoms with van der Waals surface area (Å²) in [4.78, 5) is 26.9. The molecule has 3 heterocycles. The molecule has 0 amide bonds. The van der Waals surface area contributed by atoms with Gasteiger partial charge in [-0.25, -0.2) is 9.97 Å². The Morgan fingerprint density at radius 1 is 1.15 bits per heavy atom. The summed E-state index contributed by atoms with van der Waals surface area (Å²) in [6.07, 6.45) is 8.11. The minimum atomic E-state index is -0.150. The summed E-state index contributed by atoms with van der Waals surface area (Å²) < 4.78 is 12.6. The molecule has 1 aliphatic rings. The molecule has 0 aliphatic heterocycles. The number of hydrogen-bond donors (Lipinski definition) is 2. The lowest BCUT2D eigenvalue weighted by atomic mass is 9.92. The second-order valence-electron chi connectivity index (χ2n) is 8.43. The third-order valence-electron chi connectivity index (χ3n) is 5.99. The molecular weight excluding hydrogens is 420 g/mol. The fourth-order valence-corrected chi connectivity index (χ4v) is 4.13. The average molecular weight is 453 g/mol. The number of hydrogen-bond acceptors (Lipinski definition) is 8. The van der Waals surface area contributed by atoms with E-state index >= 15 is 0 Å². The fourth-order valence-electron chi connectivity index (χ4n) is 4.13. The molecule has 3 aromatic heterocycles. The van der Waals surface area contributed by atoms with Gasteiger partial charge in [-0.2, -0.15) is 0 Å². The molecule has 9 heteroatoms. The third kappa shape index (κ3) is 5.48. The van der Waals surface area contributed by atoms with Crippen molar-refractivity contribution in [2.24, 2.45) is 5.73 Å². The summed E-state index contributed by atoms with van der Waals surface area (Å²) in [6, 6.07) is 6.01. The summed E-state index contributed by atoms with van der Waals surface area (Å²) in [5, 5.41) is 3.37. The first-order valence-corrected chi connectivity index (χ1v) is 11.6. The first-order chi connectivity index (χ1) is 16.1. The van der Waals surface area contributed by atoms with Crippen LogP contribution in [0.3, 0.4) is 0 Å². The number of anilines is 1. The van der Waals surface area contributed by atoms with Crippen LogP contribution in [0.25, 0.3) is 22.3 Å². The van der Waals surface area contributed by atoms with Crippen LogP contribution >= 0.6 is 0 Å². The van der Waals surface area contributed by atoms with Gasteiger partial charge in [0.05, 0.1) is 31.1 Å². The van der Waals surface area contributed by atoms with Crippen molar-refractivity contribution >= 4 is 16.9 Å². The van der Waals surface area contributed by atoms with Crippen LogP contribution in [0.2, 0.25) is 0 Å². The monoisotopic (exact) mass is 452 g/mol. The number of ether oxygens (including phenoxy) is 2. The summed E-state index contributed by atoms with van der Waals surface area (Å²) in [6.45, 7) is 3.61. The van der Waals surface area contributed by atoms with Gasteiger partial charge in [-0.15, -0.1) is 0 Å². The van der Waals surface area contributed by atoms with Crippen LogP contribution in [0.15, 0.2) is 35.4 Å². The van der Waals surface area contributed by atoms with Gasteiger partial charge in [0, 0.05) is 43.1 Å². The summed E-state index contributed by atoms with van der Waals surface area (Å²) in [5.41, 5.74) is 8.81. The van der Waals surface area contributed by atoms with Crippen molar-refractivity contribution in [2.75, 3.05) is 25.6 Å². The highest BCUT2D eigenvalue weighted by Gasteiger charge is 2.21. The fraction of sp³-hybridized carbons (Fsp3) is 0.500. The van der Waals surface area contributed by atoms with Crippen molar-refractivity contribution < 1.29 is 9.47 Å². The first kappa shape index (κ1) is 23.1. The van der Waals surface area contributed by atoms with Gasteiger partial charge in [0.15, 0.2) is 5.82 Å². The Balaban J connectivity index is 1.69. The van der Waals surface area contributed by atoms with Gasteiger partial charge in [0.25, 0.3) is 5.56 Å². The van der Waals surface area contributed by atoms with E-state index in [-0.39, 0.29) is 17.6 Å². The molecule has 176 valence electrons. The highest BCUT2D eigenvalue weighted by atomic mass is 16.5. The predicted molar refractivity (Wildman–Crippen MR) is 129 cm³/mol. The van der Waals surface area contributed by atoms with Crippen LogP contribution in [0, 0.1) is 0 Å². The van der Waals surface area contributed by atoms with E-state index in [0.717, 1.165) is 43.2 Å². The Morgan fingerprint density at radius 2 is 1.97 bits per heavy atom. The summed E-state index contributed by atoms with van der Waals surface area (Å²) in [7, 11) is 1.58. The van der Waals surface area contributed by atoms with E-state index in [0.29, 0.717) is 42.7 Å². The Kier molecular flexibility index (Phi) is 7.51. The van der Waals surface area contributed by atoms with Crippen molar-refractivity contribution in [2.45, 2.75) is 57.7 Å². The number of nitrogens with two attached hydrogens (primary N) is 1. The van der Waals surface area contributed by atoms with Crippen LogP contribution in [0.1, 0.15) is 39.0 Å². The molecule has 3 N–H and O–H groups in total. The van der Waals surface area contributed by atoms with E-state index in [4.69, 9.17) is 15.2 Å². The van der Waals surface area contributed by atoms with Gasteiger partial charge in [-0.05, 0) is 44.2 Å². The van der Waals surface area contributed by atoms with Crippen LogP contribution in [-0.4, -0.2) is 51.9 Å². The maximum atomic E-state index is 13.4. The van der Waals surface area contributed by atoms with Crippen LogP contribution in [0.4, 0.5) is 5.82 Å². The van der Waals surface area contributed by atoms with E-state index in [2.05, 4.69) is 27.2 Å². The van der Waals surface area contributed by atoms with Crippen LogP contribution in [0.5, 0.6) is 5.88 Å². The molecule has 0 atom stereocenters. The molecule has 1 aliphatic carbocycles. The maximum absolute atomic E-state index is 13.4. The smallest absolute Gasteiger partial charge is 0.293 e. The topological polar surface area (TPSA) is 117 Å². The standard InChI is InChI=1S/C24H32N6O3/c1-3-11-33-12-10-30-21-13-19(16-4-9-22(32-2)27-14-16)26-15-20(21)29-23(24(30)31)28-18-7-5-17(25)6-8-18/h4,9,13-15,17-18H,3,5-8,10-12,25H2,1-2H3,(H,28,29). The second kappa shape index (κ2) is 10.7. The molecule has 9 nitrogen and oxygen atoms in total. The average Bonchev–Trinajstić information content (AvgIpc) is 2.85. The number of methoxy groups -OCH3 is 1. The van der Waals surface area contributed by atoms with Crippen LogP contribution < -0.4 is 21.3 Å². The quantitative estimate of drug-likeness (QED) is 0.476. The Morgan fingerprint density at radius 3 is 2.67 bits per heavy atom. The molecule has 4 rings (SSSR count). The Hall–Kier alpha value is -3.04. The lowest BCUT2D eigenvalue weighted by molar-refractivity contribution is 0.127. The first-order valence-electron chi connectivity index (χ1n) is 11.6. The molecular formula is C24H32N6O3. The molecule has 1 saturated carbocycles. The van der Waals surface area contributed by atoms with Crippen molar-refractivity contribution in [1.29, 1.82) is 0 Å². The van der Waals surface area contributed by atoms with Crippen molar-refractivity contribution in [3.8, 4) is 17.1 Å². The lowest BCUT2D eigenvalue weighted by Gasteiger charge is -2.27. The van der Waals surface area contributed by atoms with E-state index in [1.807, 2.05) is 12.1 Å². The van der Waals surface area contributed by atoms with Gasteiger partial charge in [-0.3, -0.25) is 9.78 Å². The maximum Gasteiger partial charge on any atom is 0.293 e. The highest BCUT2D eigenvalue weighted by molar-refractivity contribution is 5.80. The summed E-state index contributed by atoms with van der Waals surface area (Å²) >= 11 is 0. The molecule has 0 aromatic carbocycles. The zero-order valence-electron chi connectivity index (χ0n) is 19.3. The zero-order chi connectivity index (χ0) is 23.2. The highest BCUT2D eigenvalue weighted by Crippen LogP contribution is 2.24. The number of fused-ring (bicyclic) bond motifs is 1. The molecule has 0 spiro atoms. The van der Waals surface area contributed by atoms with E-state index in [1.54, 1.807) is 30.1 Å². The molecule has 0 bridgehead atoms. The summed E-state index contributed by atoms with van der Waals surface area (Å²) in [5.74, 6) is 0.893. The van der Waals surface area contributed by atoms with E-state index in [9.17, 15) is 4.79 Å². The number of nitrogens with one attached hydrogen (secondary N) is 1. The second-order valence-corrected chi connectivity index (χ2v) is 8.43. The van der Waals surface area contributed by atoms with Gasteiger partial charge in [-0.1, -0.05) is 6.92 Å². The Bertz CT molecular complexity index is 1120. The van der Waals surface area contributed by atoms with Gasteiger partial charge in [0.1, 0.15) is 5.52 Å². The lowest BCUT2D eigenvalue weighted by Crippen LogP contribution is -2.36. The van der Waals surface area contributed by atoms with E-state index < -0.39 is 0 Å². The molecule has 33 heavy (non-hydrogen) atoms. The van der Waals surface area contributed by atoms with Gasteiger partial charge < -0.3 is 25.1 Å². The molecule has 0 saturated heterocycles. The van der Waals surface area contributed by atoms with Crippen molar-refractivity contribution in [3.05, 3.63) is 40.9 Å². The molecule has 3 aromatic rings. The molecule has 0 radical (unpaired) electrons. The van der Waals surface area contributed by atoms with Crippen LogP contribution in [-0.2, 0) is 11.3 Å². The van der Waals surface area contributed by atoms with Crippen molar-refractivity contribution in [3.63, 3.8) is 0 Å². The Labute approximate surface area is 193 Å². The van der Waals surface area contributed by atoms with Gasteiger partial charge in [0.2, 0.25) is 5.88 Å². The minimum absolute atomic E-state index is 0.150. The molecule has 0 unspecified atom stereocenters. The number of aromatic nitrogens is 4. The van der Waals surface area contributed by atoms with Crippen molar-refractivity contribution in [1.82, 2.24) is 19.5 Å². The largest absolute Gasteiger partial charge is 0.481 e. The number of rotatable bonds is 9. The molecule has 1 fully saturated rings. The number of pyridine rings is 2.